The number of aryl methyl sites for hydroxylation is 1. The molecule has 0 radical (unpaired) electrons. The zero-order valence-electron chi connectivity index (χ0n) is 8.95. The van der Waals surface area contributed by atoms with Crippen molar-refractivity contribution in [3.05, 3.63) is 5.01 Å². The number of nitrogens with zero attached hydrogens (tertiary/aromatic N) is 3. The molecule has 2 aliphatic heterocycles. The van der Waals surface area contributed by atoms with Crippen LogP contribution in [0.2, 0.25) is 0 Å². The summed E-state index contributed by atoms with van der Waals surface area (Å²) in [6, 6.07) is -0.253. The van der Waals surface area contributed by atoms with E-state index >= 15 is 0 Å². The molecular weight excluding hydrogens is 280 g/mol. The molecule has 9 heteroatoms. The Kier molecular flexibility index (Phi) is 2.39. The van der Waals surface area contributed by atoms with Crippen LogP contribution in [0.4, 0.5) is 5.13 Å². The zero-order chi connectivity index (χ0) is 12.2. The van der Waals surface area contributed by atoms with E-state index in [4.69, 9.17) is 12.2 Å². The number of rotatable bonds is 1. The number of thiocarbonyl (C=S) groups is 1. The van der Waals surface area contributed by atoms with Crippen molar-refractivity contribution < 1.29 is 8.42 Å². The smallest absolute Gasteiger partial charge is 0.214 e. The topological polar surface area (TPSA) is 75.2 Å². The van der Waals surface area contributed by atoms with Gasteiger partial charge in [0.25, 0.3) is 0 Å². The Hall–Kier alpha value is -0.800. The van der Waals surface area contributed by atoms with Crippen molar-refractivity contribution in [2.75, 3.05) is 16.4 Å². The first-order valence-corrected chi connectivity index (χ1v) is 8.11. The summed E-state index contributed by atoms with van der Waals surface area (Å²) in [6.45, 7) is 1.86. The number of hydrogen-bond donors (Lipinski definition) is 1. The normalized spacial score (nSPS) is 30.4. The maximum absolute atomic E-state index is 11.6. The third-order valence-corrected chi connectivity index (χ3v) is 5.77. The average molecular weight is 290 g/mol. The lowest BCUT2D eigenvalue weighted by molar-refractivity contribution is 0.600. The summed E-state index contributed by atoms with van der Waals surface area (Å²) in [5.74, 6) is 0.273. The highest BCUT2D eigenvalue weighted by molar-refractivity contribution is 7.91. The van der Waals surface area contributed by atoms with Crippen molar-refractivity contribution in [3.63, 3.8) is 0 Å². The fraction of sp³-hybridized carbons (Fsp3) is 0.625. The van der Waals surface area contributed by atoms with Crippen LogP contribution in [0.15, 0.2) is 0 Å². The van der Waals surface area contributed by atoms with E-state index in [1.165, 1.54) is 11.3 Å². The van der Waals surface area contributed by atoms with Gasteiger partial charge in [-0.3, -0.25) is 4.90 Å². The molecule has 2 saturated heterocycles. The first-order valence-electron chi connectivity index (χ1n) is 5.06. The molecule has 92 valence electrons. The highest BCUT2D eigenvalue weighted by Crippen LogP contribution is 2.31. The van der Waals surface area contributed by atoms with E-state index in [0.717, 1.165) is 5.01 Å². The molecule has 0 unspecified atom stereocenters. The summed E-state index contributed by atoms with van der Waals surface area (Å²) in [7, 11) is -2.97. The van der Waals surface area contributed by atoms with Crippen molar-refractivity contribution in [3.8, 4) is 0 Å². The maximum Gasteiger partial charge on any atom is 0.214 e. The van der Waals surface area contributed by atoms with Crippen LogP contribution in [0.3, 0.4) is 0 Å². The summed E-state index contributed by atoms with van der Waals surface area (Å²) in [5.41, 5.74) is 0. The minimum absolute atomic E-state index is 0.114. The van der Waals surface area contributed by atoms with Crippen molar-refractivity contribution in [1.82, 2.24) is 15.5 Å². The molecule has 2 aliphatic rings. The Labute approximate surface area is 108 Å². The standard InChI is InChI=1S/C8H10N4O2S3/c1-4-10-11-8(16-4)12-6-3-17(13,14)2-5(6)9-7(12)15/h5-6H,2-3H2,1H3,(H,9,15)/t5-,6+/m1/s1. The molecule has 0 amide bonds. The van der Waals surface area contributed by atoms with Gasteiger partial charge in [0.05, 0.1) is 23.6 Å². The number of sulfone groups is 1. The van der Waals surface area contributed by atoms with Gasteiger partial charge >= 0.3 is 0 Å². The molecule has 0 bridgehead atoms. The van der Waals surface area contributed by atoms with Gasteiger partial charge in [-0.1, -0.05) is 11.3 Å². The molecule has 6 nitrogen and oxygen atoms in total. The number of anilines is 1. The average Bonchev–Trinajstić information content (AvgIpc) is 2.78. The molecule has 1 aromatic rings. The van der Waals surface area contributed by atoms with Crippen LogP contribution in [0.25, 0.3) is 0 Å². The number of nitrogens with one attached hydrogen (secondary N) is 1. The van der Waals surface area contributed by atoms with Gasteiger partial charge in [-0.2, -0.15) is 0 Å². The van der Waals surface area contributed by atoms with E-state index in [-0.39, 0.29) is 23.6 Å². The van der Waals surface area contributed by atoms with Gasteiger partial charge in [0.1, 0.15) is 5.01 Å². The van der Waals surface area contributed by atoms with Crippen LogP contribution in [-0.4, -0.2) is 47.3 Å². The Bertz CT molecular complexity index is 581. The lowest BCUT2D eigenvalue weighted by Gasteiger charge is -2.18. The molecule has 0 spiro atoms. The maximum atomic E-state index is 11.6. The largest absolute Gasteiger partial charge is 0.356 e. The van der Waals surface area contributed by atoms with Gasteiger partial charge in [-0.05, 0) is 19.1 Å². The third-order valence-electron chi connectivity index (χ3n) is 2.90. The van der Waals surface area contributed by atoms with Crippen molar-refractivity contribution in [1.29, 1.82) is 0 Å². The van der Waals surface area contributed by atoms with Gasteiger partial charge in [0.15, 0.2) is 14.9 Å². The van der Waals surface area contributed by atoms with E-state index in [1.54, 1.807) is 4.90 Å². The van der Waals surface area contributed by atoms with E-state index in [0.29, 0.717) is 10.2 Å². The van der Waals surface area contributed by atoms with Crippen molar-refractivity contribution >= 4 is 43.6 Å². The summed E-state index contributed by atoms with van der Waals surface area (Å²) in [6.07, 6.45) is 0. The van der Waals surface area contributed by atoms with Crippen LogP contribution in [0.5, 0.6) is 0 Å². The van der Waals surface area contributed by atoms with E-state index < -0.39 is 9.84 Å². The van der Waals surface area contributed by atoms with Gasteiger partial charge in [-0.25, -0.2) is 8.42 Å². The van der Waals surface area contributed by atoms with E-state index in [1.807, 2.05) is 6.92 Å². The second-order valence-electron chi connectivity index (χ2n) is 4.17. The Morgan fingerprint density at radius 3 is 2.88 bits per heavy atom. The lowest BCUT2D eigenvalue weighted by Crippen LogP contribution is -2.36. The molecule has 3 heterocycles. The Morgan fingerprint density at radius 2 is 2.24 bits per heavy atom. The van der Waals surface area contributed by atoms with E-state index in [2.05, 4.69) is 15.5 Å². The highest BCUT2D eigenvalue weighted by Gasteiger charge is 2.48. The van der Waals surface area contributed by atoms with Gasteiger partial charge in [-0.15, -0.1) is 10.2 Å². The molecule has 0 aliphatic carbocycles. The molecule has 0 saturated carbocycles. The first-order chi connectivity index (χ1) is 7.96. The number of fused-ring (bicyclic) bond motifs is 1. The second kappa shape index (κ2) is 3.59. The SMILES string of the molecule is Cc1nnc(N2C(=S)N[C@@H]3CS(=O)(=O)C[C@@H]32)s1. The number of aromatic nitrogens is 2. The summed E-state index contributed by atoms with van der Waals surface area (Å²) in [4.78, 5) is 1.79. The second-order valence-corrected chi connectivity index (χ2v) is 7.87. The molecule has 0 aromatic carbocycles. The molecule has 2 atom stereocenters. The summed E-state index contributed by atoms with van der Waals surface area (Å²) >= 11 is 6.64. The molecule has 2 fully saturated rings. The first kappa shape index (κ1) is 11.3. The molecule has 1 N–H and O–H groups in total. The molecule has 1 aromatic heterocycles. The van der Waals surface area contributed by atoms with Gasteiger partial charge in [0.2, 0.25) is 5.13 Å². The number of hydrogen-bond acceptors (Lipinski definition) is 6. The fourth-order valence-electron chi connectivity index (χ4n) is 2.21. The molecule has 17 heavy (non-hydrogen) atoms. The predicted molar refractivity (Wildman–Crippen MR) is 69.1 cm³/mol. The zero-order valence-corrected chi connectivity index (χ0v) is 11.4. The fourth-order valence-corrected chi connectivity index (χ4v) is 5.29. The quantitative estimate of drug-likeness (QED) is 0.712. The van der Waals surface area contributed by atoms with Crippen LogP contribution < -0.4 is 10.2 Å². The van der Waals surface area contributed by atoms with Crippen molar-refractivity contribution in [2.45, 2.75) is 19.0 Å². The Balaban J connectivity index is 1.97. The van der Waals surface area contributed by atoms with Crippen LogP contribution in [0.1, 0.15) is 5.01 Å². The summed E-state index contributed by atoms with van der Waals surface area (Å²) in [5, 5.41) is 13.1. The van der Waals surface area contributed by atoms with Crippen LogP contribution >= 0.6 is 23.6 Å². The summed E-state index contributed by atoms with van der Waals surface area (Å²) < 4.78 is 23.2. The van der Waals surface area contributed by atoms with Crippen LogP contribution in [-0.2, 0) is 9.84 Å². The predicted octanol–water partition coefficient (Wildman–Crippen LogP) is -0.293. The monoisotopic (exact) mass is 290 g/mol. The minimum atomic E-state index is -2.97. The van der Waals surface area contributed by atoms with E-state index in [9.17, 15) is 8.42 Å². The molecule has 3 rings (SSSR count). The lowest BCUT2D eigenvalue weighted by atomic mass is 10.2. The highest BCUT2D eigenvalue weighted by atomic mass is 32.2. The van der Waals surface area contributed by atoms with Gasteiger partial charge < -0.3 is 5.32 Å². The van der Waals surface area contributed by atoms with Crippen LogP contribution in [0, 0.1) is 6.92 Å². The minimum Gasteiger partial charge on any atom is -0.356 e. The molecular formula is C8H10N4O2S3. The van der Waals surface area contributed by atoms with Crippen molar-refractivity contribution in [2.24, 2.45) is 0 Å². The third kappa shape index (κ3) is 1.81. The Morgan fingerprint density at radius 1 is 1.47 bits per heavy atom. The van der Waals surface area contributed by atoms with Gasteiger partial charge in [0, 0.05) is 0 Å².